The first-order valence-corrected chi connectivity index (χ1v) is 7.77. The Morgan fingerprint density at radius 2 is 1.83 bits per heavy atom. The number of ether oxygens (including phenoxy) is 1. The maximum Gasteiger partial charge on any atom is 0.408 e. The van der Waals surface area contributed by atoms with E-state index >= 15 is 0 Å². The number of rotatable bonds is 3. The van der Waals surface area contributed by atoms with E-state index in [1.165, 1.54) is 5.56 Å². The topological polar surface area (TPSA) is 51.2 Å². The lowest BCUT2D eigenvalue weighted by Crippen LogP contribution is -2.34. The third-order valence-corrected chi connectivity index (χ3v) is 3.48. The van der Waals surface area contributed by atoms with Gasteiger partial charge in [0.05, 0.1) is 6.04 Å². The molecule has 0 saturated heterocycles. The van der Waals surface area contributed by atoms with E-state index in [-0.39, 0.29) is 6.04 Å². The summed E-state index contributed by atoms with van der Waals surface area (Å²) in [7, 11) is 0. The van der Waals surface area contributed by atoms with Crippen LogP contribution in [0.2, 0.25) is 0 Å². The van der Waals surface area contributed by atoms with Crippen LogP contribution in [-0.4, -0.2) is 16.7 Å². The fourth-order valence-corrected chi connectivity index (χ4v) is 2.38. The summed E-state index contributed by atoms with van der Waals surface area (Å²) in [5.74, 6) is 0. The second-order valence-corrected chi connectivity index (χ2v) is 6.68. The lowest BCUT2D eigenvalue weighted by Gasteiger charge is -2.22. The molecule has 4 heteroatoms. The highest BCUT2D eigenvalue weighted by Gasteiger charge is 2.18. The lowest BCUT2D eigenvalue weighted by molar-refractivity contribution is 0.0508. The Hall–Kier alpha value is -2.36. The summed E-state index contributed by atoms with van der Waals surface area (Å²) in [6.45, 7) is 9.57. The van der Waals surface area contributed by atoms with Crippen LogP contribution in [0.4, 0.5) is 4.79 Å². The molecule has 0 aliphatic carbocycles. The molecule has 4 nitrogen and oxygen atoms in total. The lowest BCUT2D eigenvalue weighted by atomic mass is 9.97. The van der Waals surface area contributed by atoms with E-state index in [1.54, 1.807) is 12.4 Å². The van der Waals surface area contributed by atoms with Crippen LogP contribution < -0.4 is 5.32 Å². The fraction of sp³-hybridized carbons (Fsp3) is 0.368. The van der Waals surface area contributed by atoms with Gasteiger partial charge in [0.15, 0.2) is 0 Å². The SMILES string of the molecule is Cc1cc([C@@H](C)NC(=O)OC(C)(C)C)ccc1-c1ccncc1. The first-order chi connectivity index (χ1) is 10.8. The maximum absolute atomic E-state index is 11.9. The molecule has 1 N–H and O–H groups in total. The second-order valence-electron chi connectivity index (χ2n) is 6.68. The van der Waals surface area contributed by atoms with Crippen molar-refractivity contribution in [2.45, 2.75) is 46.3 Å². The van der Waals surface area contributed by atoms with Crippen molar-refractivity contribution in [3.63, 3.8) is 0 Å². The Bertz CT molecular complexity index is 676. The van der Waals surface area contributed by atoms with Crippen LogP contribution in [0, 0.1) is 6.92 Å². The van der Waals surface area contributed by atoms with E-state index in [0.717, 1.165) is 16.7 Å². The molecule has 0 saturated carbocycles. The van der Waals surface area contributed by atoms with Crippen molar-refractivity contribution >= 4 is 6.09 Å². The Balaban J connectivity index is 2.12. The van der Waals surface area contributed by atoms with E-state index in [1.807, 2.05) is 45.9 Å². The number of hydrogen-bond acceptors (Lipinski definition) is 3. The van der Waals surface area contributed by atoms with Crippen LogP contribution in [-0.2, 0) is 4.74 Å². The number of alkyl carbamates (subject to hydrolysis) is 1. The summed E-state index contributed by atoms with van der Waals surface area (Å²) in [4.78, 5) is 15.9. The van der Waals surface area contributed by atoms with Gasteiger partial charge in [-0.1, -0.05) is 18.2 Å². The molecule has 1 amide bonds. The van der Waals surface area contributed by atoms with Gasteiger partial charge in [0, 0.05) is 12.4 Å². The van der Waals surface area contributed by atoms with E-state index < -0.39 is 11.7 Å². The molecule has 0 bridgehead atoms. The van der Waals surface area contributed by atoms with Gasteiger partial charge in [-0.2, -0.15) is 0 Å². The van der Waals surface area contributed by atoms with E-state index in [9.17, 15) is 4.79 Å². The third kappa shape index (κ3) is 4.81. The number of aromatic nitrogens is 1. The van der Waals surface area contributed by atoms with Crippen molar-refractivity contribution in [3.8, 4) is 11.1 Å². The number of pyridine rings is 1. The smallest absolute Gasteiger partial charge is 0.408 e. The van der Waals surface area contributed by atoms with Crippen LogP contribution in [0.15, 0.2) is 42.7 Å². The molecule has 1 aromatic heterocycles. The highest BCUT2D eigenvalue weighted by atomic mass is 16.6. The van der Waals surface area contributed by atoms with Gasteiger partial charge in [-0.3, -0.25) is 4.98 Å². The molecule has 2 aromatic rings. The molecule has 1 atom stereocenters. The zero-order valence-corrected chi connectivity index (χ0v) is 14.4. The molecule has 0 radical (unpaired) electrons. The second kappa shape index (κ2) is 6.82. The summed E-state index contributed by atoms with van der Waals surface area (Å²) >= 11 is 0. The van der Waals surface area contributed by atoms with Crippen molar-refractivity contribution < 1.29 is 9.53 Å². The van der Waals surface area contributed by atoms with Crippen LogP contribution in [0.5, 0.6) is 0 Å². The number of carbonyl (C=O) groups is 1. The van der Waals surface area contributed by atoms with Crippen LogP contribution >= 0.6 is 0 Å². The Labute approximate surface area is 137 Å². The molecule has 0 fully saturated rings. The van der Waals surface area contributed by atoms with Gasteiger partial charge >= 0.3 is 6.09 Å². The highest BCUT2D eigenvalue weighted by Crippen LogP contribution is 2.26. The van der Waals surface area contributed by atoms with Crippen molar-refractivity contribution in [2.24, 2.45) is 0 Å². The molecule has 1 aromatic carbocycles. The van der Waals surface area contributed by atoms with Gasteiger partial charge in [-0.05, 0) is 69.0 Å². The summed E-state index contributed by atoms with van der Waals surface area (Å²) in [6.07, 6.45) is 3.17. The van der Waals surface area contributed by atoms with Crippen molar-refractivity contribution in [1.82, 2.24) is 10.3 Å². The number of nitrogens with one attached hydrogen (secondary N) is 1. The number of amides is 1. The summed E-state index contributed by atoms with van der Waals surface area (Å²) in [5, 5.41) is 2.87. The van der Waals surface area contributed by atoms with Crippen LogP contribution in [0.1, 0.15) is 44.9 Å². The van der Waals surface area contributed by atoms with Crippen LogP contribution in [0.25, 0.3) is 11.1 Å². The molecule has 0 unspecified atom stereocenters. The molecule has 0 spiro atoms. The van der Waals surface area contributed by atoms with E-state index in [2.05, 4.69) is 29.4 Å². The Morgan fingerprint density at radius 1 is 1.17 bits per heavy atom. The molecule has 1 heterocycles. The minimum Gasteiger partial charge on any atom is -0.444 e. The van der Waals surface area contributed by atoms with Crippen LogP contribution in [0.3, 0.4) is 0 Å². The highest BCUT2D eigenvalue weighted by molar-refractivity contribution is 5.69. The predicted molar refractivity (Wildman–Crippen MR) is 92.2 cm³/mol. The Morgan fingerprint density at radius 3 is 2.39 bits per heavy atom. The molecule has 2 rings (SSSR count). The van der Waals surface area contributed by atoms with Crippen molar-refractivity contribution in [2.75, 3.05) is 0 Å². The summed E-state index contributed by atoms with van der Waals surface area (Å²) < 4.78 is 5.30. The number of nitrogens with zero attached hydrogens (tertiary/aromatic N) is 1. The average Bonchev–Trinajstić information content (AvgIpc) is 2.45. The normalized spacial score (nSPS) is 12.6. The van der Waals surface area contributed by atoms with E-state index in [4.69, 9.17) is 4.74 Å². The number of benzene rings is 1. The van der Waals surface area contributed by atoms with Gasteiger partial charge in [-0.25, -0.2) is 4.79 Å². The van der Waals surface area contributed by atoms with Gasteiger partial charge in [-0.15, -0.1) is 0 Å². The molecular formula is C19H24N2O2. The Kier molecular flexibility index (Phi) is 5.04. The molecule has 23 heavy (non-hydrogen) atoms. The van der Waals surface area contributed by atoms with Gasteiger partial charge in [0.1, 0.15) is 5.60 Å². The monoisotopic (exact) mass is 312 g/mol. The average molecular weight is 312 g/mol. The molecule has 0 aliphatic heterocycles. The minimum atomic E-state index is -0.495. The van der Waals surface area contributed by atoms with Gasteiger partial charge < -0.3 is 10.1 Å². The number of aryl methyl sites for hydroxylation is 1. The molecular weight excluding hydrogens is 288 g/mol. The standard InChI is InChI=1S/C19H24N2O2/c1-13-12-16(14(2)21-18(22)23-19(3,4)5)6-7-17(13)15-8-10-20-11-9-15/h6-12,14H,1-5H3,(H,21,22)/t14-/m1/s1. The van der Waals surface area contributed by atoms with Crippen molar-refractivity contribution in [3.05, 3.63) is 53.9 Å². The molecule has 122 valence electrons. The predicted octanol–water partition coefficient (Wildman–Crippen LogP) is 4.64. The number of carbonyl (C=O) groups excluding carboxylic acids is 1. The third-order valence-electron chi connectivity index (χ3n) is 3.48. The maximum atomic E-state index is 11.9. The fourth-order valence-electron chi connectivity index (χ4n) is 2.38. The quantitative estimate of drug-likeness (QED) is 0.898. The zero-order valence-electron chi connectivity index (χ0n) is 14.4. The van der Waals surface area contributed by atoms with Crippen molar-refractivity contribution in [1.29, 1.82) is 0 Å². The summed E-state index contributed by atoms with van der Waals surface area (Å²) in [5.41, 5.74) is 4.01. The largest absolute Gasteiger partial charge is 0.444 e. The van der Waals surface area contributed by atoms with E-state index in [0.29, 0.717) is 0 Å². The zero-order chi connectivity index (χ0) is 17.0. The summed E-state index contributed by atoms with van der Waals surface area (Å²) in [6, 6.07) is 10.1. The minimum absolute atomic E-state index is 0.116. The van der Waals surface area contributed by atoms with Gasteiger partial charge in [0.2, 0.25) is 0 Å². The molecule has 0 aliphatic rings. The first-order valence-electron chi connectivity index (χ1n) is 7.77. The van der Waals surface area contributed by atoms with Gasteiger partial charge in [0.25, 0.3) is 0 Å². The first kappa shape index (κ1) is 17.0. The number of hydrogen-bond donors (Lipinski definition) is 1.